The van der Waals surface area contributed by atoms with Gasteiger partial charge in [-0.15, -0.1) is 0 Å². The van der Waals surface area contributed by atoms with Crippen molar-refractivity contribution in [1.29, 1.82) is 0 Å². The Bertz CT molecular complexity index is 459. The minimum atomic E-state index is -1.31. The summed E-state index contributed by atoms with van der Waals surface area (Å²) < 4.78 is 39.2. The van der Waals surface area contributed by atoms with Crippen LogP contribution in [0.3, 0.4) is 0 Å². The van der Waals surface area contributed by atoms with Gasteiger partial charge in [0.25, 0.3) is 0 Å². The zero-order valence-electron chi connectivity index (χ0n) is 9.60. The summed E-state index contributed by atoms with van der Waals surface area (Å²) in [6.07, 6.45) is 1.26. The van der Waals surface area contributed by atoms with Crippen LogP contribution in [0.5, 0.6) is 0 Å². The number of hydrogen-bond donors (Lipinski definition) is 2. The van der Waals surface area contributed by atoms with Gasteiger partial charge >= 0.3 is 0 Å². The minimum absolute atomic E-state index is 0.253. The molecule has 2 N–H and O–H groups in total. The molecule has 0 spiro atoms. The molecule has 0 unspecified atom stereocenters. The van der Waals surface area contributed by atoms with Crippen molar-refractivity contribution in [3.05, 3.63) is 29.6 Å². The lowest BCUT2D eigenvalue weighted by atomic mass is 9.97. The Morgan fingerprint density at radius 1 is 1.22 bits per heavy atom. The summed E-state index contributed by atoms with van der Waals surface area (Å²) in [6.45, 7) is 1.41. The second kappa shape index (κ2) is 5.39. The molecule has 0 radical (unpaired) electrons. The first kappa shape index (κ1) is 12.9. The van der Waals surface area contributed by atoms with Crippen LogP contribution in [0.2, 0.25) is 0 Å². The number of anilines is 1. The number of carbonyl (C=O) groups is 1. The van der Waals surface area contributed by atoms with Crippen molar-refractivity contribution in [2.75, 3.05) is 18.4 Å². The molecule has 6 heteroatoms. The van der Waals surface area contributed by atoms with Crippen LogP contribution in [0.15, 0.2) is 12.1 Å². The zero-order chi connectivity index (χ0) is 13.1. The molecular weight excluding hydrogens is 245 g/mol. The Labute approximate surface area is 102 Å². The number of benzene rings is 1. The van der Waals surface area contributed by atoms with Crippen molar-refractivity contribution >= 4 is 11.6 Å². The van der Waals surface area contributed by atoms with E-state index in [4.69, 9.17) is 0 Å². The Hall–Kier alpha value is -1.56. The third-order valence-electron chi connectivity index (χ3n) is 2.96. The van der Waals surface area contributed by atoms with Crippen LogP contribution in [-0.4, -0.2) is 19.0 Å². The highest BCUT2D eigenvalue weighted by atomic mass is 19.2. The Balaban J connectivity index is 2.11. The largest absolute Gasteiger partial charge is 0.323 e. The maximum atomic E-state index is 13.3. The molecule has 0 bridgehead atoms. The molecular formula is C12H13F3N2O. The van der Waals surface area contributed by atoms with Crippen LogP contribution >= 0.6 is 0 Å². The number of halogens is 3. The van der Waals surface area contributed by atoms with Gasteiger partial charge in [-0.3, -0.25) is 4.79 Å². The summed E-state index contributed by atoms with van der Waals surface area (Å²) in [7, 11) is 0. The SMILES string of the molecule is O=C(Nc1cc(F)cc(F)c1F)C1CCNCC1. The number of rotatable bonds is 2. The molecule has 18 heavy (non-hydrogen) atoms. The maximum absolute atomic E-state index is 13.3. The summed E-state index contributed by atoms with van der Waals surface area (Å²) in [5, 5.41) is 5.33. The van der Waals surface area contributed by atoms with E-state index in [0.717, 1.165) is 6.07 Å². The number of carbonyl (C=O) groups excluding carboxylic acids is 1. The summed E-state index contributed by atoms with van der Waals surface area (Å²) in [5.74, 6) is -4.12. The second-order valence-corrected chi connectivity index (χ2v) is 4.26. The van der Waals surface area contributed by atoms with Gasteiger partial charge in [-0.2, -0.15) is 0 Å². The summed E-state index contributed by atoms with van der Waals surface area (Å²) in [6, 6.07) is 1.22. The van der Waals surface area contributed by atoms with E-state index < -0.39 is 29.0 Å². The molecule has 0 atom stereocenters. The molecule has 0 aromatic heterocycles. The molecule has 0 aliphatic carbocycles. The highest BCUT2D eigenvalue weighted by Crippen LogP contribution is 2.21. The third-order valence-corrected chi connectivity index (χ3v) is 2.96. The first-order chi connectivity index (χ1) is 8.58. The maximum Gasteiger partial charge on any atom is 0.227 e. The van der Waals surface area contributed by atoms with Gasteiger partial charge < -0.3 is 10.6 Å². The van der Waals surface area contributed by atoms with Gasteiger partial charge in [0.2, 0.25) is 5.91 Å². The van der Waals surface area contributed by atoms with E-state index in [1.807, 2.05) is 0 Å². The van der Waals surface area contributed by atoms with Gasteiger partial charge in [0.1, 0.15) is 5.82 Å². The second-order valence-electron chi connectivity index (χ2n) is 4.26. The molecule has 0 saturated carbocycles. The first-order valence-corrected chi connectivity index (χ1v) is 5.74. The molecule has 1 amide bonds. The fourth-order valence-electron chi connectivity index (χ4n) is 1.97. The van der Waals surface area contributed by atoms with Crippen LogP contribution in [-0.2, 0) is 4.79 Å². The highest BCUT2D eigenvalue weighted by molar-refractivity contribution is 5.92. The lowest BCUT2D eigenvalue weighted by molar-refractivity contribution is -0.120. The molecule has 1 fully saturated rings. The lowest BCUT2D eigenvalue weighted by Crippen LogP contribution is -2.34. The van der Waals surface area contributed by atoms with Crippen LogP contribution in [0, 0.1) is 23.4 Å². The Kier molecular flexibility index (Phi) is 3.86. The van der Waals surface area contributed by atoms with E-state index in [1.54, 1.807) is 0 Å². The normalized spacial score (nSPS) is 16.6. The van der Waals surface area contributed by atoms with E-state index in [2.05, 4.69) is 10.6 Å². The number of nitrogens with one attached hydrogen (secondary N) is 2. The first-order valence-electron chi connectivity index (χ1n) is 5.74. The van der Waals surface area contributed by atoms with Crippen LogP contribution < -0.4 is 10.6 Å². The van der Waals surface area contributed by atoms with Crippen LogP contribution in [0.25, 0.3) is 0 Å². The monoisotopic (exact) mass is 258 g/mol. The highest BCUT2D eigenvalue weighted by Gasteiger charge is 2.22. The van der Waals surface area contributed by atoms with Gasteiger partial charge in [-0.1, -0.05) is 0 Å². The molecule has 1 heterocycles. The van der Waals surface area contributed by atoms with Crippen molar-refractivity contribution in [2.45, 2.75) is 12.8 Å². The average Bonchev–Trinajstić information content (AvgIpc) is 2.36. The predicted octanol–water partition coefficient (Wildman–Crippen LogP) is 2.04. The average molecular weight is 258 g/mol. The van der Waals surface area contributed by atoms with E-state index in [9.17, 15) is 18.0 Å². The van der Waals surface area contributed by atoms with Gasteiger partial charge in [-0.25, -0.2) is 13.2 Å². The standard InChI is InChI=1S/C12H13F3N2O/c13-8-5-9(14)11(15)10(6-8)17-12(18)7-1-3-16-4-2-7/h5-7,16H,1-4H2,(H,17,18). The van der Waals surface area contributed by atoms with Crippen molar-refractivity contribution in [3.8, 4) is 0 Å². The fourth-order valence-corrected chi connectivity index (χ4v) is 1.97. The molecule has 1 saturated heterocycles. The topological polar surface area (TPSA) is 41.1 Å². The molecule has 98 valence electrons. The Morgan fingerprint density at radius 3 is 2.56 bits per heavy atom. The van der Waals surface area contributed by atoms with Crippen LogP contribution in [0.4, 0.5) is 18.9 Å². The van der Waals surface area contributed by atoms with Gasteiger partial charge in [0.05, 0.1) is 5.69 Å². The molecule has 2 rings (SSSR count). The van der Waals surface area contributed by atoms with Crippen LogP contribution in [0.1, 0.15) is 12.8 Å². The van der Waals surface area contributed by atoms with Crippen molar-refractivity contribution in [2.24, 2.45) is 5.92 Å². The number of hydrogen-bond acceptors (Lipinski definition) is 2. The Morgan fingerprint density at radius 2 is 1.89 bits per heavy atom. The van der Waals surface area contributed by atoms with Gasteiger partial charge in [-0.05, 0) is 25.9 Å². The predicted molar refractivity (Wildman–Crippen MR) is 60.5 cm³/mol. The third kappa shape index (κ3) is 2.81. The number of piperidine rings is 1. The van der Waals surface area contributed by atoms with E-state index in [1.165, 1.54) is 0 Å². The lowest BCUT2D eigenvalue weighted by Gasteiger charge is -2.21. The molecule has 1 aliphatic rings. The summed E-state index contributed by atoms with van der Waals surface area (Å²) in [4.78, 5) is 11.8. The number of amides is 1. The summed E-state index contributed by atoms with van der Waals surface area (Å²) in [5.41, 5.74) is -0.448. The molecule has 1 aliphatic heterocycles. The molecule has 1 aromatic carbocycles. The van der Waals surface area contributed by atoms with Gasteiger partial charge in [0.15, 0.2) is 11.6 Å². The van der Waals surface area contributed by atoms with Gasteiger partial charge in [0, 0.05) is 18.1 Å². The van der Waals surface area contributed by atoms with Crippen molar-refractivity contribution < 1.29 is 18.0 Å². The molecule has 1 aromatic rings. The molecule has 3 nitrogen and oxygen atoms in total. The van der Waals surface area contributed by atoms with E-state index in [-0.39, 0.29) is 5.92 Å². The van der Waals surface area contributed by atoms with E-state index >= 15 is 0 Å². The zero-order valence-corrected chi connectivity index (χ0v) is 9.60. The minimum Gasteiger partial charge on any atom is -0.323 e. The fraction of sp³-hybridized carbons (Fsp3) is 0.417. The smallest absolute Gasteiger partial charge is 0.227 e. The van der Waals surface area contributed by atoms with Crippen molar-refractivity contribution in [3.63, 3.8) is 0 Å². The van der Waals surface area contributed by atoms with E-state index in [0.29, 0.717) is 32.0 Å². The summed E-state index contributed by atoms with van der Waals surface area (Å²) >= 11 is 0. The quantitative estimate of drug-likeness (QED) is 0.797. The van der Waals surface area contributed by atoms with Crippen molar-refractivity contribution in [1.82, 2.24) is 5.32 Å².